The fourth-order valence-electron chi connectivity index (χ4n) is 3.09. The number of rotatable bonds is 5. The van der Waals surface area contributed by atoms with E-state index in [1.54, 1.807) is 30.1 Å². The van der Waals surface area contributed by atoms with E-state index in [2.05, 4.69) is 14.9 Å². The van der Waals surface area contributed by atoms with Gasteiger partial charge >= 0.3 is 0 Å². The van der Waals surface area contributed by atoms with Gasteiger partial charge in [-0.15, -0.1) is 11.8 Å². The summed E-state index contributed by atoms with van der Waals surface area (Å²) >= 11 is 7.85. The summed E-state index contributed by atoms with van der Waals surface area (Å²) < 4.78 is 0. The molecule has 0 bridgehead atoms. The molecule has 1 fully saturated rings. The van der Waals surface area contributed by atoms with Crippen LogP contribution in [0, 0.1) is 0 Å². The van der Waals surface area contributed by atoms with E-state index < -0.39 is 0 Å². The number of anilines is 1. The maximum Gasteiger partial charge on any atom is 0.255 e. The van der Waals surface area contributed by atoms with Crippen LogP contribution in [0.25, 0.3) is 0 Å². The predicted molar refractivity (Wildman–Crippen MR) is 105 cm³/mol. The molecule has 6 nitrogen and oxygen atoms in total. The molecule has 1 aromatic carbocycles. The normalized spacial score (nSPS) is 17.1. The molecule has 0 saturated carbocycles. The number of hydrogen-bond acceptors (Lipinski definition) is 6. The average molecular weight is 392 g/mol. The Kier molecular flexibility index (Phi) is 6.01. The highest BCUT2D eigenvalue weighted by Crippen LogP contribution is 2.26. The molecule has 1 amide bonds. The number of amides is 1. The lowest BCUT2D eigenvalue weighted by molar-refractivity contribution is 0.0779. The second-order valence-electron chi connectivity index (χ2n) is 6.35. The number of halogens is 1. The number of thioether (sulfide) groups is 1. The number of nitrogen functional groups attached to an aromatic ring is 1. The van der Waals surface area contributed by atoms with Gasteiger partial charge in [-0.25, -0.2) is 9.97 Å². The van der Waals surface area contributed by atoms with Crippen LogP contribution in [0.4, 0.5) is 5.82 Å². The first-order valence-corrected chi connectivity index (χ1v) is 9.98. The Balaban J connectivity index is 1.65. The lowest BCUT2D eigenvalue weighted by atomic mass is 10.2. The SMILES string of the molecule is CSc1ccc(Cl)c(C(=O)N2CC[C@H](N(C)Cc3nccc(N)n3)C2)c1. The molecule has 138 valence electrons. The van der Waals surface area contributed by atoms with Crippen molar-refractivity contribution in [2.45, 2.75) is 23.9 Å². The Bertz CT molecular complexity index is 803. The van der Waals surface area contributed by atoms with Crippen molar-refractivity contribution in [2.24, 2.45) is 0 Å². The molecule has 0 spiro atoms. The zero-order valence-electron chi connectivity index (χ0n) is 14.9. The minimum atomic E-state index is -0.0120. The summed E-state index contributed by atoms with van der Waals surface area (Å²) in [5.41, 5.74) is 6.29. The van der Waals surface area contributed by atoms with E-state index >= 15 is 0 Å². The van der Waals surface area contributed by atoms with E-state index in [9.17, 15) is 4.79 Å². The smallest absolute Gasteiger partial charge is 0.255 e. The summed E-state index contributed by atoms with van der Waals surface area (Å²) in [4.78, 5) is 26.4. The number of carbonyl (C=O) groups excluding carboxylic acids is 1. The number of benzene rings is 1. The lowest BCUT2D eigenvalue weighted by Crippen LogP contribution is -2.36. The molecule has 1 saturated heterocycles. The third-order valence-corrected chi connectivity index (χ3v) is 5.65. The molecule has 1 aliphatic heterocycles. The summed E-state index contributed by atoms with van der Waals surface area (Å²) in [6.07, 6.45) is 4.55. The minimum Gasteiger partial charge on any atom is -0.384 e. The lowest BCUT2D eigenvalue weighted by Gasteiger charge is -2.24. The topological polar surface area (TPSA) is 75.4 Å². The van der Waals surface area contributed by atoms with Crippen LogP contribution in [0.5, 0.6) is 0 Å². The molecule has 1 atom stereocenters. The number of aromatic nitrogens is 2. The molecular weight excluding hydrogens is 370 g/mol. The maximum absolute atomic E-state index is 12.9. The summed E-state index contributed by atoms with van der Waals surface area (Å²) in [6, 6.07) is 7.51. The minimum absolute atomic E-state index is 0.0120. The number of likely N-dealkylation sites (tertiary alicyclic amines) is 1. The van der Waals surface area contributed by atoms with Crippen molar-refractivity contribution in [3.05, 3.63) is 46.9 Å². The zero-order chi connectivity index (χ0) is 18.7. The highest BCUT2D eigenvalue weighted by Gasteiger charge is 2.30. The Morgan fingerprint density at radius 1 is 1.46 bits per heavy atom. The molecule has 2 N–H and O–H groups in total. The Morgan fingerprint density at radius 3 is 3.00 bits per heavy atom. The van der Waals surface area contributed by atoms with Crippen molar-refractivity contribution in [3.8, 4) is 0 Å². The molecule has 26 heavy (non-hydrogen) atoms. The highest BCUT2D eigenvalue weighted by molar-refractivity contribution is 7.98. The maximum atomic E-state index is 12.9. The Labute approximate surface area is 162 Å². The van der Waals surface area contributed by atoms with E-state index in [-0.39, 0.29) is 11.9 Å². The van der Waals surface area contributed by atoms with Crippen LogP contribution in [-0.4, -0.2) is 58.1 Å². The van der Waals surface area contributed by atoms with Gasteiger partial charge in [-0.05, 0) is 44.0 Å². The van der Waals surface area contributed by atoms with Crippen molar-refractivity contribution in [1.82, 2.24) is 19.8 Å². The first-order chi connectivity index (χ1) is 12.5. The third kappa shape index (κ3) is 4.28. The monoisotopic (exact) mass is 391 g/mol. The van der Waals surface area contributed by atoms with Gasteiger partial charge in [0.05, 0.1) is 17.1 Å². The molecule has 1 aromatic heterocycles. The summed E-state index contributed by atoms with van der Waals surface area (Å²) in [7, 11) is 2.02. The third-order valence-electron chi connectivity index (χ3n) is 4.60. The Morgan fingerprint density at radius 2 is 2.27 bits per heavy atom. The molecule has 0 radical (unpaired) electrons. The van der Waals surface area contributed by atoms with Crippen LogP contribution >= 0.6 is 23.4 Å². The van der Waals surface area contributed by atoms with Crippen LogP contribution < -0.4 is 5.73 Å². The fraction of sp³-hybridized carbons (Fsp3) is 0.389. The molecule has 3 rings (SSSR count). The van der Waals surface area contributed by atoms with E-state index in [1.807, 2.05) is 30.3 Å². The Hall–Kier alpha value is -1.83. The number of carbonyl (C=O) groups is 1. The van der Waals surface area contributed by atoms with Crippen LogP contribution in [0.3, 0.4) is 0 Å². The quantitative estimate of drug-likeness (QED) is 0.790. The van der Waals surface area contributed by atoms with Crippen molar-refractivity contribution in [1.29, 1.82) is 0 Å². The van der Waals surface area contributed by atoms with Gasteiger partial charge in [0, 0.05) is 30.2 Å². The number of likely N-dealkylation sites (N-methyl/N-ethyl adjacent to an activating group) is 1. The van der Waals surface area contributed by atoms with Gasteiger partial charge in [-0.3, -0.25) is 9.69 Å². The summed E-state index contributed by atoms with van der Waals surface area (Å²) in [6.45, 7) is 1.98. The van der Waals surface area contributed by atoms with Crippen molar-refractivity contribution in [3.63, 3.8) is 0 Å². The molecular formula is C18H22ClN5OS. The number of nitrogens with two attached hydrogens (primary N) is 1. The molecule has 8 heteroatoms. The molecule has 0 unspecified atom stereocenters. The summed E-state index contributed by atoms with van der Waals surface area (Å²) in [5, 5.41) is 0.498. The van der Waals surface area contributed by atoms with Gasteiger partial charge in [-0.2, -0.15) is 0 Å². The molecule has 2 aromatic rings. The van der Waals surface area contributed by atoms with E-state index in [1.165, 1.54) is 0 Å². The highest BCUT2D eigenvalue weighted by atomic mass is 35.5. The first kappa shape index (κ1) is 18.9. The van der Waals surface area contributed by atoms with Crippen molar-refractivity contribution < 1.29 is 4.79 Å². The second-order valence-corrected chi connectivity index (χ2v) is 7.64. The van der Waals surface area contributed by atoms with Gasteiger partial charge in [0.25, 0.3) is 5.91 Å². The number of nitrogens with zero attached hydrogens (tertiary/aromatic N) is 4. The standard InChI is InChI=1S/C18H22ClN5OS/c1-23(11-17-21-7-5-16(20)22-17)12-6-8-24(10-12)18(25)14-9-13(26-2)3-4-15(14)19/h3-5,7,9,12H,6,8,10-11H2,1-2H3,(H2,20,21,22)/t12-/m0/s1. The van der Waals surface area contributed by atoms with Crippen molar-refractivity contribution in [2.75, 3.05) is 32.1 Å². The second kappa shape index (κ2) is 8.24. The van der Waals surface area contributed by atoms with Gasteiger partial charge in [0.15, 0.2) is 0 Å². The van der Waals surface area contributed by atoms with Crippen molar-refractivity contribution >= 4 is 35.1 Å². The van der Waals surface area contributed by atoms with Crippen LogP contribution in [0.15, 0.2) is 35.4 Å². The van der Waals surface area contributed by atoms with Gasteiger partial charge in [0.2, 0.25) is 0 Å². The summed E-state index contributed by atoms with van der Waals surface area (Å²) in [5.74, 6) is 1.14. The predicted octanol–water partition coefficient (Wildman–Crippen LogP) is 2.78. The number of hydrogen-bond donors (Lipinski definition) is 1. The average Bonchev–Trinajstić information content (AvgIpc) is 3.12. The largest absolute Gasteiger partial charge is 0.384 e. The van der Waals surface area contributed by atoms with Gasteiger partial charge in [-0.1, -0.05) is 11.6 Å². The van der Waals surface area contributed by atoms with E-state index in [0.717, 1.165) is 11.3 Å². The first-order valence-electron chi connectivity index (χ1n) is 8.38. The van der Waals surface area contributed by atoms with Crippen LogP contribution in [0.2, 0.25) is 5.02 Å². The van der Waals surface area contributed by atoms with E-state index in [0.29, 0.717) is 41.9 Å². The van der Waals surface area contributed by atoms with Gasteiger partial charge in [0.1, 0.15) is 11.6 Å². The zero-order valence-corrected chi connectivity index (χ0v) is 16.4. The molecule has 2 heterocycles. The fourth-order valence-corrected chi connectivity index (χ4v) is 3.73. The van der Waals surface area contributed by atoms with Crippen LogP contribution in [-0.2, 0) is 6.54 Å². The van der Waals surface area contributed by atoms with Gasteiger partial charge < -0.3 is 10.6 Å². The molecule has 0 aliphatic carbocycles. The molecule has 1 aliphatic rings. The van der Waals surface area contributed by atoms with Crippen LogP contribution in [0.1, 0.15) is 22.6 Å². The van der Waals surface area contributed by atoms with E-state index in [4.69, 9.17) is 17.3 Å².